The van der Waals surface area contributed by atoms with E-state index in [4.69, 9.17) is 58.5 Å². The molecule has 1 fully saturated rings. The van der Waals surface area contributed by atoms with E-state index in [1.54, 1.807) is 43.3 Å². The molecule has 228 valence electrons. The molecule has 0 aromatic heterocycles. The average molecular weight is 650 g/mol. The Morgan fingerprint density at radius 3 is 1.53 bits per heavy atom. The summed E-state index contributed by atoms with van der Waals surface area (Å²) in [5.74, 6) is -2.64. The molecule has 0 radical (unpaired) electrons. The summed E-state index contributed by atoms with van der Waals surface area (Å²) in [5, 5.41) is 1.21. The van der Waals surface area contributed by atoms with Crippen LogP contribution in [0.25, 0.3) is 0 Å². The zero-order chi connectivity index (χ0) is 31.4. The molecule has 1 aliphatic heterocycles. The van der Waals surface area contributed by atoms with Gasteiger partial charge in [-0.25, -0.2) is 14.4 Å². The van der Waals surface area contributed by atoms with Crippen molar-refractivity contribution in [3.63, 3.8) is 0 Å². The minimum atomic E-state index is -1.18. The fraction of sp³-hybridized carbons (Fsp3) is 0.344. The van der Waals surface area contributed by atoms with Gasteiger partial charge in [0, 0.05) is 28.1 Å². The monoisotopic (exact) mass is 648 g/mol. The van der Waals surface area contributed by atoms with Crippen LogP contribution in [-0.4, -0.2) is 56.2 Å². The molecule has 0 spiro atoms. The Morgan fingerprint density at radius 1 is 0.698 bits per heavy atom. The number of rotatable bonds is 8. The molecule has 0 bridgehead atoms. The number of esters is 3. The molecule has 1 heterocycles. The van der Waals surface area contributed by atoms with Crippen molar-refractivity contribution < 1.29 is 38.1 Å². The number of benzene rings is 3. The summed E-state index contributed by atoms with van der Waals surface area (Å²) in [6, 6.07) is 14.4. The molecule has 8 nitrogen and oxygen atoms in total. The normalized spacial score (nSPS) is 21.6. The highest BCUT2D eigenvalue weighted by Crippen LogP contribution is 2.33. The summed E-state index contributed by atoms with van der Waals surface area (Å²) in [5.41, 5.74) is 3.07. The molecule has 0 amide bonds. The van der Waals surface area contributed by atoms with Crippen LogP contribution in [0.4, 0.5) is 0 Å². The van der Waals surface area contributed by atoms with Crippen molar-refractivity contribution in [3.05, 3.63) is 103 Å². The van der Waals surface area contributed by atoms with Gasteiger partial charge in [-0.2, -0.15) is 0 Å². The van der Waals surface area contributed by atoms with Gasteiger partial charge in [-0.1, -0.05) is 59.9 Å². The molecule has 0 aliphatic carbocycles. The first-order valence-corrected chi connectivity index (χ1v) is 14.6. The number of methoxy groups -OCH3 is 1. The van der Waals surface area contributed by atoms with Gasteiger partial charge in [0.25, 0.3) is 0 Å². The number of hydrogen-bond acceptors (Lipinski definition) is 8. The molecule has 0 N–H and O–H groups in total. The van der Waals surface area contributed by atoms with E-state index in [0.29, 0.717) is 15.1 Å². The van der Waals surface area contributed by atoms with Crippen LogP contribution in [0, 0.1) is 26.7 Å². The fourth-order valence-electron chi connectivity index (χ4n) is 4.50. The molecule has 1 aliphatic rings. The van der Waals surface area contributed by atoms with Crippen LogP contribution in [-0.2, 0) is 23.7 Å². The molecule has 11 heteroatoms. The second-order valence-electron chi connectivity index (χ2n) is 10.4. The highest BCUT2D eigenvalue weighted by Gasteiger charge is 2.49. The van der Waals surface area contributed by atoms with E-state index in [1.807, 2.05) is 20.8 Å². The van der Waals surface area contributed by atoms with Crippen molar-refractivity contribution in [1.82, 2.24) is 0 Å². The first-order chi connectivity index (χ1) is 20.4. The van der Waals surface area contributed by atoms with Crippen molar-refractivity contribution in [2.24, 2.45) is 5.92 Å². The number of ether oxygens (including phenoxy) is 5. The predicted octanol–water partition coefficient (Wildman–Crippen LogP) is 7.19. The Morgan fingerprint density at radius 2 is 1.12 bits per heavy atom. The van der Waals surface area contributed by atoms with Crippen LogP contribution < -0.4 is 0 Å². The van der Waals surface area contributed by atoms with E-state index in [1.165, 1.54) is 25.3 Å². The zero-order valence-electron chi connectivity index (χ0n) is 24.2. The fourth-order valence-corrected chi connectivity index (χ4v) is 5.04. The van der Waals surface area contributed by atoms with Crippen LogP contribution in [0.1, 0.15) is 54.7 Å². The zero-order valence-corrected chi connectivity index (χ0v) is 26.5. The number of hydrogen-bond donors (Lipinski definition) is 0. The molecule has 3 aromatic rings. The SMILES string of the molecule is CO[C@@H]1OC(COC(=O)c2ccc(C)c(Cl)c2)[C@H](C)C(OC(=O)c2ccc(C)c(Cl)c2)[C@H]1OC(=O)c1ccc(C)c(Cl)c1. The summed E-state index contributed by atoms with van der Waals surface area (Å²) in [6.07, 6.45) is -4.20. The Bertz CT molecular complexity index is 1520. The molecule has 2 unspecified atom stereocenters. The number of aryl methyl sites for hydroxylation is 3. The van der Waals surface area contributed by atoms with Gasteiger partial charge in [-0.15, -0.1) is 0 Å². The first-order valence-electron chi connectivity index (χ1n) is 13.5. The molecule has 1 saturated heterocycles. The van der Waals surface area contributed by atoms with Gasteiger partial charge in [0.05, 0.1) is 16.7 Å². The molecular weight excluding hydrogens is 619 g/mol. The van der Waals surface area contributed by atoms with E-state index in [0.717, 1.165) is 16.7 Å². The van der Waals surface area contributed by atoms with E-state index >= 15 is 0 Å². The third-order valence-corrected chi connectivity index (χ3v) is 8.55. The van der Waals surface area contributed by atoms with Gasteiger partial charge in [-0.3, -0.25) is 0 Å². The minimum absolute atomic E-state index is 0.196. The molecule has 4 rings (SSSR count). The lowest BCUT2D eigenvalue weighted by atomic mass is 9.90. The van der Waals surface area contributed by atoms with Crippen LogP contribution in [0.2, 0.25) is 15.1 Å². The van der Waals surface area contributed by atoms with Gasteiger partial charge in [0.1, 0.15) is 18.8 Å². The minimum Gasteiger partial charge on any atom is -0.459 e. The average Bonchev–Trinajstić information content (AvgIpc) is 2.98. The maximum atomic E-state index is 13.3. The molecular formula is C32H31Cl3O8. The Balaban J connectivity index is 1.59. The lowest BCUT2D eigenvalue weighted by Crippen LogP contribution is -2.58. The highest BCUT2D eigenvalue weighted by molar-refractivity contribution is 6.32. The van der Waals surface area contributed by atoms with E-state index in [9.17, 15) is 14.4 Å². The maximum absolute atomic E-state index is 13.3. The topological polar surface area (TPSA) is 97.4 Å². The lowest BCUT2D eigenvalue weighted by molar-refractivity contribution is -0.278. The quantitative estimate of drug-likeness (QED) is 0.187. The van der Waals surface area contributed by atoms with E-state index < -0.39 is 48.4 Å². The Kier molecular flexibility index (Phi) is 10.7. The van der Waals surface area contributed by atoms with E-state index in [2.05, 4.69) is 0 Å². The van der Waals surface area contributed by atoms with Gasteiger partial charge in [0.2, 0.25) is 0 Å². The smallest absolute Gasteiger partial charge is 0.338 e. The third-order valence-electron chi connectivity index (χ3n) is 7.33. The highest BCUT2D eigenvalue weighted by atomic mass is 35.5. The van der Waals surface area contributed by atoms with Crippen molar-refractivity contribution in [2.45, 2.75) is 52.3 Å². The largest absolute Gasteiger partial charge is 0.459 e. The van der Waals surface area contributed by atoms with Crippen LogP contribution >= 0.6 is 34.8 Å². The second kappa shape index (κ2) is 14.1. The van der Waals surface area contributed by atoms with Crippen molar-refractivity contribution in [2.75, 3.05) is 13.7 Å². The molecule has 43 heavy (non-hydrogen) atoms. The summed E-state index contributed by atoms with van der Waals surface area (Å²) in [4.78, 5) is 39.3. The molecule has 3 aromatic carbocycles. The summed E-state index contributed by atoms with van der Waals surface area (Å²) < 4.78 is 28.9. The molecule has 5 atom stereocenters. The Hall–Kier alpha value is -3.14. The third kappa shape index (κ3) is 7.69. The number of carbonyl (C=O) groups is 3. The van der Waals surface area contributed by atoms with Gasteiger partial charge in [0.15, 0.2) is 12.4 Å². The van der Waals surface area contributed by atoms with E-state index in [-0.39, 0.29) is 23.3 Å². The predicted molar refractivity (Wildman–Crippen MR) is 162 cm³/mol. The van der Waals surface area contributed by atoms with Gasteiger partial charge in [-0.05, 0) is 73.9 Å². The number of carbonyl (C=O) groups excluding carboxylic acids is 3. The first kappa shape index (κ1) is 32.8. The lowest BCUT2D eigenvalue weighted by Gasteiger charge is -2.43. The van der Waals surface area contributed by atoms with Crippen molar-refractivity contribution in [3.8, 4) is 0 Å². The van der Waals surface area contributed by atoms with Crippen LogP contribution in [0.5, 0.6) is 0 Å². The molecule has 0 saturated carbocycles. The maximum Gasteiger partial charge on any atom is 0.338 e. The summed E-state index contributed by atoms with van der Waals surface area (Å²) in [7, 11) is 1.36. The van der Waals surface area contributed by atoms with Crippen LogP contribution in [0.15, 0.2) is 54.6 Å². The van der Waals surface area contributed by atoms with Gasteiger partial charge < -0.3 is 23.7 Å². The summed E-state index contributed by atoms with van der Waals surface area (Å²) >= 11 is 18.6. The van der Waals surface area contributed by atoms with Crippen LogP contribution in [0.3, 0.4) is 0 Å². The Labute approximate surface area is 265 Å². The van der Waals surface area contributed by atoms with Gasteiger partial charge >= 0.3 is 17.9 Å². The second-order valence-corrected chi connectivity index (χ2v) is 11.6. The standard InChI is InChI=1S/C32H31Cl3O8/c1-16-6-9-20(12-23(16)33)29(36)40-15-26-19(4)27(42-30(37)21-10-7-17(2)24(34)13-21)28(32(39-5)41-26)43-31(38)22-11-8-18(3)25(35)14-22/h6-14,19,26-28,32H,15H2,1-5H3/t19-,26?,27?,28+,32+/m0/s1. The summed E-state index contributed by atoms with van der Waals surface area (Å²) in [6.45, 7) is 6.97. The van der Waals surface area contributed by atoms with Crippen molar-refractivity contribution >= 4 is 52.7 Å². The number of halogens is 3. The van der Waals surface area contributed by atoms with Crippen molar-refractivity contribution in [1.29, 1.82) is 0 Å².